The van der Waals surface area contributed by atoms with Gasteiger partial charge in [-0.25, -0.2) is 0 Å². The lowest BCUT2D eigenvalue weighted by atomic mass is 9.97. The SMILES string of the molecule is CC[C@@H](Nc1nc(N[C@@H]2CCOC2)nc(C2=CC(O)CCC2)n1)C(F)(F)F. The van der Waals surface area contributed by atoms with Crippen molar-refractivity contribution < 1.29 is 23.0 Å². The standard InChI is InChI=1S/C17H24F3N5O2/c1-2-13(17(18,19)20)22-16-24-14(10-4-3-5-12(26)8-10)23-15(25-16)21-11-6-7-27-9-11/h8,11-13,26H,2-7,9H2,1H3,(H2,21,22,23,24,25)/t11-,12?,13-/m1/s1. The molecule has 3 atom stereocenters. The van der Waals surface area contributed by atoms with E-state index in [0.717, 1.165) is 12.8 Å². The lowest BCUT2D eigenvalue weighted by molar-refractivity contribution is -0.143. The average Bonchev–Trinajstić information content (AvgIpc) is 3.11. The van der Waals surface area contributed by atoms with Gasteiger partial charge in [-0.2, -0.15) is 28.1 Å². The minimum Gasteiger partial charge on any atom is -0.389 e. The van der Waals surface area contributed by atoms with Gasteiger partial charge >= 0.3 is 6.18 Å². The summed E-state index contributed by atoms with van der Waals surface area (Å²) in [5, 5.41) is 15.3. The highest BCUT2D eigenvalue weighted by molar-refractivity contribution is 5.63. The molecule has 3 N–H and O–H groups in total. The van der Waals surface area contributed by atoms with Crippen molar-refractivity contribution in [2.75, 3.05) is 23.8 Å². The van der Waals surface area contributed by atoms with Crippen LogP contribution in [0.4, 0.5) is 25.1 Å². The Balaban J connectivity index is 1.89. The maximum absolute atomic E-state index is 13.1. The normalized spacial score (nSPS) is 24.4. The summed E-state index contributed by atoms with van der Waals surface area (Å²) in [5.41, 5.74) is 0.713. The van der Waals surface area contributed by atoms with E-state index >= 15 is 0 Å². The summed E-state index contributed by atoms with van der Waals surface area (Å²) in [5.74, 6) is 0.354. The van der Waals surface area contributed by atoms with Crippen LogP contribution in [0.5, 0.6) is 0 Å². The van der Waals surface area contributed by atoms with Crippen LogP contribution in [0.2, 0.25) is 0 Å². The first-order valence-corrected chi connectivity index (χ1v) is 9.18. The first-order valence-electron chi connectivity index (χ1n) is 9.18. The number of anilines is 2. The van der Waals surface area contributed by atoms with Gasteiger partial charge in [0.15, 0.2) is 5.82 Å². The van der Waals surface area contributed by atoms with Crippen LogP contribution in [0.3, 0.4) is 0 Å². The summed E-state index contributed by atoms with van der Waals surface area (Å²) >= 11 is 0. The number of aliphatic hydroxyl groups is 1. The minimum absolute atomic E-state index is 0.00335. The fraction of sp³-hybridized carbons (Fsp3) is 0.706. The number of hydrogen-bond donors (Lipinski definition) is 3. The lowest BCUT2D eigenvalue weighted by Crippen LogP contribution is -2.36. The van der Waals surface area contributed by atoms with Crippen molar-refractivity contribution in [3.8, 4) is 0 Å². The Morgan fingerprint density at radius 2 is 2.04 bits per heavy atom. The molecule has 27 heavy (non-hydrogen) atoms. The Labute approximate surface area is 155 Å². The summed E-state index contributed by atoms with van der Waals surface area (Å²) in [6.07, 6.45) is -0.655. The topological polar surface area (TPSA) is 92.2 Å². The highest BCUT2D eigenvalue weighted by atomic mass is 19.4. The average molecular weight is 387 g/mol. The number of nitrogens with zero attached hydrogens (tertiary/aromatic N) is 3. The molecule has 1 unspecified atom stereocenters. The zero-order chi connectivity index (χ0) is 19.4. The molecule has 2 heterocycles. The number of aromatic nitrogens is 3. The molecule has 1 aromatic rings. The largest absolute Gasteiger partial charge is 0.408 e. The monoisotopic (exact) mass is 387 g/mol. The second-order valence-electron chi connectivity index (χ2n) is 6.81. The summed E-state index contributed by atoms with van der Waals surface area (Å²) in [6.45, 7) is 2.55. The first kappa shape index (κ1) is 19.8. The van der Waals surface area contributed by atoms with Gasteiger partial charge < -0.3 is 20.5 Å². The molecule has 1 fully saturated rings. The van der Waals surface area contributed by atoms with E-state index in [-0.39, 0.29) is 30.2 Å². The fourth-order valence-corrected chi connectivity index (χ4v) is 3.14. The molecule has 1 aliphatic heterocycles. The van der Waals surface area contributed by atoms with Crippen LogP contribution in [-0.2, 0) is 4.74 Å². The zero-order valence-electron chi connectivity index (χ0n) is 15.1. The maximum atomic E-state index is 13.1. The number of rotatable bonds is 6. The fourth-order valence-electron chi connectivity index (χ4n) is 3.14. The maximum Gasteiger partial charge on any atom is 0.408 e. The molecule has 10 heteroatoms. The summed E-state index contributed by atoms with van der Waals surface area (Å²) in [4.78, 5) is 12.7. The van der Waals surface area contributed by atoms with E-state index in [0.29, 0.717) is 31.6 Å². The molecule has 0 amide bonds. The predicted octanol–water partition coefficient (Wildman–Crippen LogP) is 2.75. The van der Waals surface area contributed by atoms with Gasteiger partial charge in [0.05, 0.1) is 18.8 Å². The van der Waals surface area contributed by atoms with Crippen molar-refractivity contribution in [1.29, 1.82) is 0 Å². The molecule has 0 aromatic carbocycles. The third-order valence-corrected chi connectivity index (χ3v) is 4.63. The lowest BCUT2D eigenvalue weighted by Gasteiger charge is -2.22. The van der Waals surface area contributed by atoms with Crippen LogP contribution in [-0.4, -0.2) is 57.6 Å². The van der Waals surface area contributed by atoms with Gasteiger partial charge in [-0.1, -0.05) is 6.92 Å². The van der Waals surface area contributed by atoms with E-state index < -0.39 is 18.3 Å². The van der Waals surface area contributed by atoms with Crippen molar-refractivity contribution in [3.05, 3.63) is 11.9 Å². The third kappa shape index (κ3) is 5.29. The molecule has 0 spiro atoms. The van der Waals surface area contributed by atoms with Crippen molar-refractivity contribution >= 4 is 17.5 Å². The number of hydrogen-bond acceptors (Lipinski definition) is 7. The van der Waals surface area contributed by atoms with Gasteiger partial charge in [0.25, 0.3) is 0 Å². The summed E-state index contributed by atoms with van der Waals surface area (Å²) in [6, 6.07) is -1.75. The molecule has 7 nitrogen and oxygen atoms in total. The molecule has 0 bridgehead atoms. The molecule has 0 radical (unpaired) electrons. The van der Waals surface area contributed by atoms with Gasteiger partial charge in [-0.15, -0.1) is 0 Å². The number of aliphatic hydroxyl groups excluding tert-OH is 1. The van der Waals surface area contributed by atoms with Crippen LogP contribution in [0, 0.1) is 0 Å². The molecular weight excluding hydrogens is 363 g/mol. The Morgan fingerprint density at radius 3 is 2.67 bits per heavy atom. The second kappa shape index (κ2) is 8.39. The Bertz CT molecular complexity index is 677. The Hall–Kier alpha value is -1.94. The number of ether oxygens (including phenoxy) is 1. The number of nitrogens with one attached hydrogen (secondary N) is 2. The van der Waals surface area contributed by atoms with Gasteiger partial charge in [0, 0.05) is 6.61 Å². The van der Waals surface area contributed by atoms with E-state index in [9.17, 15) is 18.3 Å². The highest BCUT2D eigenvalue weighted by Gasteiger charge is 2.39. The number of alkyl halides is 3. The van der Waals surface area contributed by atoms with Crippen LogP contribution < -0.4 is 10.6 Å². The predicted molar refractivity (Wildman–Crippen MR) is 94.3 cm³/mol. The molecule has 0 saturated carbocycles. The van der Waals surface area contributed by atoms with E-state index in [2.05, 4.69) is 25.6 Å². The van der Waals surface area contributed by atoms with Gasteiger partial charge in [0.1, 0.15) is 6.04 Å². The van der Waals surface area contributed by atoms with Crippen molar-refractivity contribution in [3.63, 3.8) is 0 Å². The molecule has 2 aliphatic rings. The van der Waals surface area contributed by atoms with Gasteiger partial charge in [-0.05, 0) is 43.8 Å². The third-order valence-electron chi connectivity index (χ3n) is 4.63. The zero-order valence-corrected chi connectivity index (χ0v) is 15.1. The highest BCUT2D eigenvalue weighted by Crippen LogP contribution is 2.28. The molecule has 1 saturated heterocycles. The van der Waals surface area contributed by atoms with E-state index in [1.807, 2.05) is 0 Å². The molecule has 1 aliphatic carbocycles. The number of halogens is 3. The quantitative estimate of drug-likeness (QED) is 0.691. The van der Waals surface area contributed by atoms with Crippen molar-refractivity contribution in [2.24, 2.45) is 0 Å². The van der Waals surface area contributed by atoms with Crippen LogP contribution in [0.15, 0.2) is 6.08 Å². The smallest absolute Gasteiger partial charge is 0.389 e. The summed E-state index contributed by atoms with van der Waals surface area (Å²) < 4.78 is 44.7. The molecular formula is C17H24F3N5O2. The molecule has 1 aromatic heterocycles. The Morgan fingerprint density at radius 1 is 1.26 bits per heavy atom. The van der Waals surface area contributed by atoms with Gasteiger partial charge in [-0.3, -0.25) is 0 Å². The van der Waals surface area contributed by atoms with E-state index in [1.165, 1.54) is 6.92 Å². The molecule has 150 valence electrons. The Kier molecular flexibility index (Phi) is 6.15. The van der Waals surface area contributed by atoms with E-state index in [4.69, 9.17) is 4.74 Å². The van der Waals surface area contributed by atoms with Crippen molar-refractivity contribution in [1.82, 2.24) is 15.0 Å². The van der Waals surface area contributed by atoms with Crippen LogP contribution in [0.1, 0.15) is 44.9 Å². The first-order chi connectivity index (χ1) is 12.8. The minimum atomic E-state index is -4.41. The number of allylic oxidation sites excluding steroid dienone is 1. The second-order valence-corrected chi connectivity index (χ2v) is 6.81. The van der Waals surface area contributed by atoms with E-state index in [1.54, 1.807) is 6.08 Å². The van der Waals surface area contributed by atoms with Crippen LogP contribution >= 0.6 is 0 Å². The van der Waals surface area contributed by atoms with Crippen molar-refractivity contribution in [2.45, 2.75) is 63.4 Å². The van der Waals surface area contributed by atoms with Crippen LogP contribution in [0.25, 0.3) is 5.57 Å². The summed E-state index contributed by atoms with van der Waals surface area (Å²) in [7, 11) is 0. The molecule has 3 rings (SSSR count). The van der Waals surface area contributed by atoms with Gasteiger partial charge in [0.2, 0.25) is 11.9 Å².